The van der Waals surface area contributed by atoms with Gasteiger partial charge in [0.05, 0.1) is 18.3 Å². The van der Waals surface area contributed by atoms with E-state index in [9.17, 15) is 9.59 Å². The summed E-state index contributed by atoms with van der Waals surface area (Å²) >= 11 is 0. The third-order valence-corrected chi connectivity index (χ3v) is 3.92. The maximum Gasteiger partial charge on any atom is 0.340 e. The molecule has 0 atom stereocenters. The second-order valence-electron chi connectivity index (χ2n) is 5.15. The summed E-state index contributed by atoms with van der Waals surface area (Å²) in [6.45, 7) is 6.27. The Morgan fingerprint density at radius 2 is 1.86 bits per heavy atom. The molecule has 0 spiro atoms. The van der Waals surface area contributed by atoms with Crippen molar-refractivity contribution in [3.63, 3.8) is 0 Å². The van der Waals surface area contributed by atoms with Gasteiger partial charge in [0.2, 0.25) is 0 Å². The Morgan fingerprint density at radius 3 is 2.36 bits per heavy atom. The van der Waals surface area contributed by atoms with Crippen molar-refractivity contribution in [3.8, 4) is 0 Å². The lowest BCUT2D eigenvalue weighted by Crippen LogP contribution is -2.24. The Labute approximate surface area is 131 Å². The van der Waals surface area contributed by atoms with Gasteiger partial charge in [-0.3, -0.25) is 4.79 Å². The Kier molecular flexibility index (Phi) is 4.81. The molecule has 0 aliphatic carbocycles. The number of hydrogen-bond acceptors (Lipinski definition) is 3. The molecule has 4 nitrogen and oxygen atoms in total. The van der Waals surface area contributed by atoms with Crippen LogP contribution in [0, 0.1) is 0 Å². The van der Waals surface area contributed by atoms with Gasteiger partial charge >= 0.3 is 5.97 Å². The van der Waals surface area contributed by atoms with Gasteiger partial charge in [-0.1, -0.05) is 31.2 Å². The number of methoxy groups -OCH3 is 1. The molecule has 0 radical (unpaired) electrons. The number of carbonyl (C=O) groups is 2. The Balaban J connectivity index is 2.48. The largest absolute Gasteiger partial charge is 0.465 e. The molecular formula is C18H21NO3. The molecule has 0 bridgehead atoms. The summed E-state index contributed by atoms with van der Waals surface area (Å²) < 4.78 is 4.83. The van der Waals surface area contributed by atoms with Gasteiger partial charge in [-0.15, -0.1) is 0 Å². The summed E-state index contributed by atoms with van der Waals surface area (Å²) in [5.74, 6) is -0.627. The number of benzene rings is 1. The van der Waals surface area contributed by atoms with Gasteiger partial charge in [0.15, 0.2) is 0 Å². The molecular weight excluding hydrogens is 278 g/mol. The predicted octanol–water partition coefficient (Wildman–Crippen LogP) is 2.94. The molecule has 1 aromatic carbocycles. The van der Waals surface area contributed by atoms with Crippen molar-refractivity contribution in [2.24, 2.45) is 0 Å². The maximum atomic E-state index is 12.5. The molecule has 1 heterocycles. The minimum absolute atomic E-state index is 0.153. The summed E-state index contributed by atoms with van der Waals surface area (Å²) in [6.07, 6.45) is 2.72. The minimum Gasteiger partial charge on any atom is -0.465 e. The standard InChI is InChI=1S/C18H21NO3/c1-5-13-7-9-14(10-8-13)11-15-16(18(21)22-4)12(3)19(6-2)17(15)20/h7-11H,5-6H2,1-4H3/b15-11-. The number of hydrogen-bond donors (Lipinski definition) is 0. The SMILES string of the molecule is CCc1ccc(/C=C2\C(=O)N(CC)C(C)=C2C(=O)OC)cc1. The molecule has 2 rings (SSSR count). The highest BCUT2D eigenvalue weighted by atomic mass is 16.5. The van der Waals surface area contributed by atoms with E-state index < -0.39 is 5.97 Å². The monoisotopic (exact) mass is 299 g/mol. The fourth-order valence-corrected chi connectivity index (χ4v) is 2.63. The molecule has 4 heteroatoms. The first-order valence-electron chi connectivity index (χ1n) is 7.45. The summed E-state index contributed by atoms with van der Waals surface area (Å²) in [4.78, 5) is 26.1. The van der Waals surface area contributed by atoms with Crippen molar-refractivity contribution in [1.29, 1.82) is 0 Å². The molecule has 0 saturated heterocycles. The van der Waals surface area contributed by atoms with Crippen LogP contribution in [0.5, 0.6) is 0 Å². The number of rotatable bonds is 4. The van der Waals surface area contributed by atoms with Crippen molar-refractivity contribution in [2.75, 3.05) is 13.7 Å². The first-order chi connectivity index (χ1) is 10.5. The zero-order valence-electron chi connectivity index (χ0n) is 13.5. The van der Waals surface area contributed by atoms with Crippen molar-refractivity contribution < 1.29 is 14.3 Å². The molecule has 0 aromatic heterocycles. The normalized spacial score (nSPS) is 16.6. The zero-order chi connectivity index (χ0) is 16.3. The van der Waals surface area contributed by atoms with Crippen molar-refractivity contribution >= 4 is 18.0 Å². The predicted molar refractivity (Wildman–Crippen MR) is 85.9 cm³/mol. The molecule has 1 amide bonds. The topological polar surface area (TPSA) is 46.6 Å². The van der Waals surface area contributed by atoms with Gasteiger partial charge < -0.3 is 9.64 Å². The molecule has 1 aliphatic rings. The number of allylic oxidation sites excluding steroid dienone is 1. The number of amides is 1. The Bertz CT molecular complexity index is 653. The van der Waals surface area contributed by atoms with Crippen LogP contribution in [0.2, 0.25) is 0 Å². The molecule has 1 aromatic rings. The van der Waals surface area contributed by atoms with Crippen LogP contribution in [-0.4, -0.2) is 30.4 Å². The van der Waals surface area contributed by atoms with Gasteiger partial charge in [-0.2, -0.15) is 0 Å². The van der Waals surface area contributed by atoms with Crippen LogP contribution >= 0.6 is 0 Å². The fourth-order valence-electron chi connectivity index (χ4n) is 2.63. The molecule has 0 unspecified atom stereocenters. The van der Waals surface area contributed by atoms with Crippen LogP contribution in [0.25, 0.3) is 6.08 Å². The fraction of sp³-hybridized carbons (Fsp3) is 0.333. The highest BCUT2D eigenvalue weighted by Gasteiger charge is 2.35. The average Bonchev–Trinajstić information content (AvgIpc) is 2.77. The van der Waals surface area contributed by atoms with Crippen LogP contribution in [0.3, 0.4) is 0 Å². The third kappa shape index (κ3) is 2.82. The number of ether oxygens (including phenoxy) is 1. The smallest absolute Gasteiger partial charge is 0.340 e. The highest BCUT2D eigenvalue weighted by molar-refractivity contribution is 6.16. The third-order valence-electron chi connectivity index (χ3n) is 3.92. The van der Waals surface area contributed by atoms with E-state index >= 15 is 0 Å². The van der Waals surface area contributed by atoms with E-state index in [0.717, 1.165) is 12.0 Å². The highest BCUT2D eigenvalue weighted by Crippen LogP contribution is 2.31. The Hall–Kier alpha value is -2.36. The van der Waals surface area contributed by atoms with E-state index in [1.807, 2.05) is 31.2 Å². The summed E-state index contributed by atoms with van der Waals surface area (Å²) in [7, 11) is 1.33. The van der Waals surface area contributed by atoms with Crippen LogP contribution in [-0.2, 0) is 20.7 Å². The number of aryl methyl sites for hydroxylation is 1. The molecule has 0 N–H and O–H groups in total. The second-order valence-corrected chi connectivity index (χ2v) is 5.15. The lowest BCUT2D eigenvalue weighted by Gasteiger charge is -2.14. The van der Waals surface area contributed by atoms with E-state index in [0.29, 0.717) is 23.4 Å². The number of likely N-dealkylation sites (N-methyl/N-ethyl adjacent to an activating group) is 1. The van der Waals surface area contributed by atoms with E-state index in [1.165, 1.54) is 12.7 Å². The van der Waals surface area contributed by atoms with Crippen LogP contribution < -0.4 is 0 Å². The van der Waals surface area contributed by atoms with E-state index in [4.69, 9.17) is 4.74 Å². The van der Waals surface area contributed by atoms with Crippen LogP contribution in [0.15, 0.2) is 41.1 Å². The lowest BCUT2D eigenvalue weighted by atomic mass is 10.0. The van der Waals surface area contributed by atoms with Crippen molar-refractivity contribution in [1.82, 2.24) is 4.90 Å². The van der Waals surface area contributed by atoms with Crippen molar-refractivity contribution in [3.05, 3.63) is 52.2 Å². The number of nitrogens with zero attached hydrogens (tertiary/aromatic N) is 1. The van der Waals surface area contributed by atoms with Gasteiger partial charge in [0.25, 0.3) is 5.91 Å². The van der Waals surface area contributed by atoms with Gasteiger partial charge in [0.1, 0.15) is 0 Å². The Morgan fingerprint density at radius 1 is 1.23 bits per heavy atom. The number of carbonyl (C=O) groups excluding carboxylic acids is 2. The van der Waals surface area contributed by atoms with Crippen LogP contribution in [0.1, 0.15) is 31.9 Å². The van der Waals surface area contributed by atoms with Crippen molar-refractivity contribution in [2.45, 2.75) is 27.2 Å². The van der Waals surface area contributed by atoms with Gasteiger partial charge in [-0.25, -0.2) is 4.79 Å². The van der Waals surface area contributed by atoms with Crippen LogP contribution in [0.4, 0.5) is 0 Å². The van der Waals surface area contributed by atoms with E-state index in [2.05, 4.69) is 6.92 Å². The lowest BCUT2D eigenvalue weighted by molar-refractivity contribution is -0.136. The second kappa shape index (κ2) is 6.60. The zero-order valence-corrected chi connectivity index (χ0v) is 13.5. The maximum absolute atomic E-state index is 12.5. The molecule has 0 fully saturated rings. The van der Waals surface area contributed by atoms with E-state index in [-0.39, 0.29) is 5.91 Å². The van der Waals surface area contributed by atoms with Gasteiger partial charge in [-0.05, 0) is 37.5 Å². The quantitative estimate of drug-likeness (QED) is 0.634. The van der Waals surface area contributed by atoms with Gasteiger partial charge in [0, 0.05) is 12.2 Å². The summed E-state index contributed by atoms with van der Waals surface area (Å²) in [6, 6.07) is 7.96. The molecule has 1 aliphatic heterocycles. The molecule has 0 saturated carbocycles. The molecule has 116 valence electrons. The average molecular weight is 299 g/mol. The first kappa shape index (κ1) is 16.0. The summed E-state index contributed by atoms with van der Waals surface area (Å²) in [5, 5.41) is 0. The van der Waals surface area contributed by atoms with E-state index in [1.54, 1.807) is 17.9 Å². The number of esters is 1. The summed E-state index contributed by atoms with van der Waals surface area (Å²) in [5.41, 5.74) is 3.53. The molecule has 22 heavy (non-hydrogen) atoms. The first-order valence-corrected chi connectivity index (χ1v) is 7.45. The minimum atomic E-state index is -0.474.